The minimum Gasteiger partial charge on any atom is -0.444 e. The predicted molar refractivity (Wildman–Crippen MR) is 76.0 cm³/mol. The molecule has 0 aromatic carbocycles. The number of carbonyl (C=O) groups is 1. The molecule has 0 spiro atoms. The molecular weight excluding hydrogens is 244 g/mol. The summed E-state index contributed by atoms with van der Waals surface area (Å²) in [6.07, 6.45) is 1.13. The molecule has 1 aromatic heterocycles. The lowest BCUT2D eigenvalue weighted by molar-refractivity contribution is 0.0532. The van der Waals surface area contributed by atoms with E-state index in [9.17, 15) is 4.79 Å². The first-order valence-corrected chi connectivity index (χ1v) is 6.13. The molecule has 0 radical (unpaired) electrons. The van der Waals surface area contributed by atoms with E-state index < -0.39 is 11.7 Å². The van der Waals surface area contributed by atoms with Gasteiger partial charge in [-0.25, -0.2) is 4.79 Å². The van der Waals surface area contributed by atoms with Gasteiger partial charge in [-0.1, -0.05) is 0 Å². The minimum absolute atomic E-state index is 0.239. The van der Waals surface area contributed by atoms with E-state index in [1.54, 1.807) is 6.20 Å². The Balaban J connectivity index is 2.55. The van der Waals surface area contributed by atoms with Crippen LogP contribution in [0.4, 0.5) is 16.2 Å². The fourth-order valence-corrected chi connectivity index (χ4v) is 1.48. The van der Waals surface area contributed by atoms with Gasteiger partial charge in [0, 0.05) is 5.69 Å². The number of aromatic nitrogens is 1. The van der Waals surface area contributed by atoms with Gasteiger partial charge >= 0.3 is 6.09 Å². The Hall–Kier alpha value is -1.98. The molecule has 0 aliphatic rings. The fraction of sp³-hybridized carbons (Fsp3) is 0.538. The first kappa shape index (κ1) is 15.1. The van der Waals surface area contributed by atoms with Crippen LogP contribution in [0.1, 0.15) is 32.0 Å². The molecule has 0 saturated carbocycles. The minimum atomic E-state index is -0.508. The Labute approximate surface area is 113 Å². The summed E-state index contributed by atoms with van der Waals surface area (Å²) in [5.41, 5.74) is 8.52. The van der Waals surface area contributed by atoms with Crippen molar-refractivity contribution in [3.8, 4) is 0 Å². The van der Waals surface area contributed by atoms with Gasteiger partial charge in [0.25, 0.3) is 0 Å². The second kappa shape index (κ2) is 5.77. The third-order valence-corrected chi connectivity index (χ3v) is 2.50. The number of aryl methyl sites for hydroxylation is 1. The summed E-state index contributed by atoms with van der Waals surface area (Å²) in [5.74, 6) is 0. The van der Waals surface area contributed by atoms with Crippen LogP contribution in [0.15, 0.2) is 6.20 Å². The van der Waals surface area contributed by atoms with Crippen molar-refractivity contribution in [2.24, 2.45) is 0 Å². The lowest BCUT2D eigenvalue weighted by Gasteiger charge is -2.20. The Bertz CT molecular complexity index is 466. The van der Waals surface area contributed by atoms with Crippen LogP contribution >= 0.6 is 0 Å². The molecule has 1 heterocycles. The number of pyridine rings is 1. The standard InChI is InChI=1S/C13H22N4O2/c1-8-9(2)15-6-10(14)11(8)16-7-17-12(18)19-13(3,4)5/h6H,7,14H2,1-5H3,(H,15,16)(H,17,18). The first-order chi connectivity index (χ1) is 8.70. The Morgan fingerprint density at radius 2 is 2.05 bits per heavy atom. The van der Waals surface area contributed by atoms with Crippen LogP contribution in [0.5, 0.6) is 0 Å². The van der Waals surface area contributed by atoms with Crippen LogP contribution in [0.25, 0.3) is 0 Å². The lowest BCUT2D eigenvalue weighted by atomic mass is 10.1. The third kappa shape index (κ3) is 4.65. The molecule has 0 aliphatic heterocycles. The summed E-state index contributed by atoms with van der Waals surface area (Å²) in [4.78, 5) is 15.6. The van der Waals surface area contributed by atoms with Gasteiger partial charge < -0.3 is 21.1 Å². The predicted octanol–water partition coefficient (Wildman–Crippen LogP) is 2.17. The second-order valence-corrected chi connectivity index (χ2v) is 5.33. The lowest BCUT2D eigenvalue weighted by Crippen LogP contribution is -2.35. The molecule has 1 aromatic rings. The maximum absolute atomic E-state index is 11.5. The van der Waals surface area contributed by atoms with Crippen molar-refractivity contribution < 1.29 is 9.53 Å². The molecule has 6 heteroatoms. The molecular formula is C13H22N4O2. The topological polar surface area (TPSA) is 89.3 Å². The second-order valence-electron chi connectivity index (χ2n) is 5.33. The highest BCUT2D eigenvalue weighted by atomic mass is 16.6. The number of hydrogen-bond acceptors (Lipinski definition) is 5. The van der Waals surface area contributed by atoms with Gasteiger partial charge in [0.2, 0.25) is 0 Å². The zero-order chi connectivity index (χ0) is 14.6. The molecule has 0 atom stereocenters. The Morgan fingerprint density at radius 3 is 2.63 bits per heavy atom. The molecule has 0 unspecified atom stereocenters. The molecule has 6 nitrogen and oxygen atoms in total. The van der Waals surface area contributed by atoms with Gasteiger partial charge in [-0.2, -0.15) is 0 Å². The van der Waals surface area contributed by atoms with Crippen molar-refractivity contribution in [3.63, 3.8) is 0 Å². The van der Waals surface area contributed by atoms with Gasteiger partial charge in [0.1, 0.15) is 5.60 Å². The number of carbonyl (C=O) groups excluding carboxylic acids is 1. The smallest absolute Gasteiger partial charge is 0.409 e. The third-order valence-electron chi connectivity index (χ3n) is 2.50. The van der Waals surface area contributed by atoms with E-state index in [1.807, 2.05) is 34.6 Å². The summed E-state index contributed by atoms with van der Waals surface area (Å²) >= 11 is 0. The van der Waals surface area contributed by atoms with E-state index in [0.29, 0.717) is 5.69 Å². The molecule has 0 saturated heterocycles. The SMILES string of the molecule is Cc1ncc(N)c(NCNC(=O)OC(C)(C)C)c1C. The highest BCUT2D eigenvalue weighted by molar-refractivity contribution is 5.71. The van der Waals surface area contributed by atoms with Crippen molar-refractivity contribution >= 4 is 17.5 Å². The number of nitrogen functional groups attached to an aromatic ring is 1. The van der Waals surface area contributed by atoms with Gasteiger partial charge in [0.05, 0.1) is 24.2 Å². The van der Waals surface area contributed by atoms with E-state index in [-0.39, 0.29) is 6.67 Å². The van der Waals surface area contributed by atoms with Crippen LogP contribution in [0, 0.1) is 13.8 Å². The van der Waals surface area contributed by atoms with Gasteiger partial charge in [-0.3, -0.25) is 4.98 Å². The van der Waals surface area contributed by atoms with Crippen molar-refractivity contribution in [2.75, 3.05) is 17.7 Å². The molecule has 1 amide bonds. The summed E-state index contributed by atoms with van der Waals surface area (Å²) in [7, 11) is 0. The van der Waals surface area contributed by atoms with E-state index >= 15 is 0 Å². The van der Waals surface area contributed by atoms with E-state index in [1.165, 1.54) is 0 Å². The Morgan fingerprint density at radius 1 is 1.42 bits per heavy atom. The number of ether oxygens (including phenoxy) is 1. The maximum atomic E-state index is 11.5. The highest BCUT2D eigenvalue weighted by Gasteiger charge is 2.15. The molecule has 0 fully saturated rings. The van der Waals surface area contributed by atoms with Crippen LogP contribution in [-0.2, 0) is 4.74 Å². The molecule has 0 bridgehead atoms. The molecule has 106 valence electrons. The number of nitrogens with two attached hydrogens (primary N) is 1. The number of amides is 1. The number of nitrogens with one attached hydrogen (secondary N) is 2. The van der Waals surface area contributed by atoms with E-state index in [0.717, 1.165) is 16.9 Å². The number of anilines is 2. The zero-order valence-corrected chi connectivity index (χ0v) is 12.1. The van der Waals surface area contributed by atoms with Crippen LogP contribution in [-0.4, -0.2) is 23.3 Å². The fourth-order valence-electron chi connectivity index (χ4n) is 1.48. The monoisotopic (exact) mass is 266 g/mol. The summed E-state index contributed by atoms with van der Waals surface area (Å²) in [6, 6.07) is 0. The summed E-state index contributed by atoms with van der Waals surface area (Å²) in [5, 5.41) is 5.68. The normalized spacial score (nSPS) is 11.0. The largest absolute Gasteiger partial charge is 0.444 e. The van der Waals surface area contributed by atoms with E-state index in [4.69, 9.17) is 10.5 Å². The first-order valence-electron chi connectivity index (χ1n) is 6.13. The molecule has 4 N–H and O–H groups in total. The zero-order valence-electron chi connectivity index (χ0n) is 12.1. The van der Waals surface area contributed by atoms with E-state index in [2.05, 4.69) is 15.6 Å². The number of rotatable bonds is 3. The summed E-state index contributed by atoms with van der Waals surface area (Å²) < 4.78 is 5.13. The molecule has 19 heavy (non-hydrogen) atoms. The number of hydrogen-bond donors (Lipinski definition) is 3. The van der Waals surface area contributed by atoms with Crippen molar-refractivity contribution in [1.29, 1.82) is 0 Å². The van der Waals surface area contributed by atoms with Crippen LogP contribution < -0.4 is 16.4 Å². The molecule has 1 rings (SSSR count). The van der Waals surface area contributed by atoms with Crippen molar-refractivity contribution in [3.05, 3.63) is 17.5 Å². The van der Waals surface area contributed by atoms with Gasteiger partial charge in [-0.05, 0) is 40.2 Å². The number of alkyl carbamates (subject to hydrolysis) is 1. The van der Waals surface area contributed by atoms with Gasteiger partial charge in [-0.15, -0.1) is 0 Å². The van der Waals surface area contributed by atoms with Crippen LogP contribution in [0.2, 0.25) is 0 Å². The van der Waals surface area contributed by atoms with Gasteiger partial charge in [0.15, 0.2) is 0 Å². The average Bonchev–Trinajstić information content (AvgIpc) is 2.26. The molecule has 0 aliphatic carbocycles. The summed E-state index contributed by atoms with van der Waals surface area (Å²) in [6.45, 7) is 9.51. The average molecular weight is 266 g/mol. The maximum Gasteiger partial charge on any atom is 0.409 e. The number of nitrogens with zero attached hydrogens (tertiary/aromatic N) is 1. The van der Waals surface area contributed by atoms with Crippen molar-refractivity contribution in [2.45, 2.75) is 40.2 Å². The quantitative estimate of drug-likeness (QED) is 0.730. The highest BCUT2D eigenvalue weighted by Crippen LogP contribution is 2.23. The van der Waals surface area contributed by atoms with Crippen LogP contribution in [0.3, 0.4) is 0 Å². The Kier molecular flexibility index (Phi) is 4.58. The van der Waals surface area contributed by atoms with Crippen molar-refractivity contribution in [1.82, 2.24) is 10.3 Å².